The van der Waals surface area contributed by atoms with Crippen LogP contribution in [0.25, 0.3) is 0 Å². The van der Waals surface area contributed by atoms with Crippen LogP contribution in [0.15, 0.2) is 24.3 Å². The van der Waals surface area contributed by atoms with Gasteiger partial charge in [0.25, 0.3) is 0 Å². The lowest BCUT2D eigenvalue weighted by atomic mass is 10.1. The van der Waals surface area contributed by atoms with Crippen LogP contribution in [-0.4, -0.2) is 36.8 Å². The van der Waals surface area contributed by atoms with Crippen LogP contribution in [0, 0.1) is 0 Å². The van der Waals surface area contributed by atoms with E-state index in [1.165, 1.54) is 19.3 Å². The molecule has 0 fully saturated rings. The predicted octanol–water partition coefficient (Wildman–Crippen LogP) is 3.24. The second kappa shape index (κ2) is 8.94. The van der Waals surface area contributed by atoms with E-state index in [2.05, 4.69) is 18.9 Å². The van der Waals surface area contributed by atoms with Crippen LogP contribution in [0.2, 0.25) is 0 Å². The number of ether oxygens (including phenoxy) is 1. The van der Waals surface area contributed by atoms with Gasteiger partial charge in [-0.05, 0) is 33.0 Å². The molecule has 0 radical (unpaired) electrons. The quantitative estimate of drug-likeness (QED) is 0.696. The lowest BCUT2D eigenvalue weighted by molar-refractivity contribution is 0.186. The zero-order chi connectivity index (χ0) is 14.1. The number of aliphatic hydroxyl groups is 1. The molecule has 1 aromatic carbocycles. The smallest absolute Gasteiger partial charge is 0.125 e. The molecular formula is C16H27NO2. The summed E-state index contributed by atoms with van der Waals surface area (Å²) in [5.41, 5.74) is 0.858. The molecule has 0 aromatic heterocycles. The monoisotopic (exact) mass is 265 g/mol. The summed E-state index contributed by atoms with van der Waals surface area (Å²) in [6, 6.07) is 7.68. The van der Waals surface area contributed by atoms with Crippen molar-refractivity contribution >= 4 is 0 Å². The number of para-hydroxylation sites is 1. The van der Waals surface area contributed by atoms with Gasteiger partial charge < -0.3 is 14.7 Å². The van der Waals surface area contributed by atoms with E-state index in [1.807, 2.05) is 24.3 Å². The summed E-state index contributed by atoms with van der Waals surface area (Å²) in [5, 5.41) is 9.67. The molecule has 3 heteroatoms. The summed E-state index contributed by atoms with van der Waals surface area (Å²) in [5.74, 6) is 0.791. The Bertz CT molecular complexity index is 352. The Hall–Kier alpha value is -1.06. The first kappa shape index (κ1) is 16.0. The zero-order valence-electron chi connectivity index (χ0n) is 12.4. The van der Waals surface area contributed by atoms with Gasteiger partial charge in [-0.2, -0.15) is 0 Å². The highest BCUT2D eigenvalue weighted by Crippen LogP contribution is 2.24. The summed E-state index contributed by atoms with van der Waals surface area (Å²) in [6.45, 7) is 6.68. The molecule has 0 aliphatic carbocycles. The fourth-order valence-electron chi connectivity index (χ4n) is 2.01. The summed E-state index contributed by atoms with van der Waals surface area (Å²) in [7, 11) is 2.12. The van der Waals surface area contributed by atoms with E-state index >= 15 is 0 Å². The zero-order valence-corrected chi connectivity index (χ0v) is 12.4. The molecule has 1 rings (SSSR count). The van der Waals surface area contributed by atoms with Crippen LogP contribution >= 0.6 is 0 Å². The molecule has 108 valence electrons. The van der Waals surface area contributed by atoms with E-state index in [-0.39, 0.29) is 0 Å². The number of likely N-dealkylation sites (N-methyl/N-ethyl adjacent to an activating group) is 1. The minimum atomic E-state index is -0.488. The van der Waals surface area contributed by atoms with Crippen molar-refractivity contribution in [2.75, 3.05) is 26.7 Å². The minimum Gasteiger partial charge on any atom is -0.492 e. The van der Waals surface area contributed by atoms with Crippen LogP contribution in [0.3, 0.4) is 0 Å². The number of aliphatic hydroxyl groups excluding tert-OH is 1. The van der Waals surface area contributed by atoms with Gasteiger partial charge in [0, 0.05) is 12.1 Å². The normalized spacial score (nSPS) is 12.7. The van der Waals surface area contributed by atoms with Crippen molar-refractivity contribution in [2.24, 2.45) is 0 Å². The standard InChI is InChI=1S/C16H27NO2/c1-4-5-8-11-17(3)12-13-19-16-10-7-6-9-15(16)14(2)18/h6-7,9-10,14,18H,4-5,8,11-13H2,1-3H3/t14-/m1/s1. The van der Waals surface area contributed by atoms with Crippen LogP contribution in [-0.2, 0) is 0 Å². The molecule has 3 nitrogen and oxygen atoms in total. The average Bonchev–Trinajstić information content (AvgIpc) is 2.39. The van der Waals surface area contributed by atoms with Gasteiger partial charge in [0.05, 0.1) is 6.10 Å². The number of benzene rings is 1. The molecule has 19 heavy (non-hydrogen) atoms. The maximum absolute atomic E-state index is 9.67. The average molecular weight is 265 g/mol. The summed E-state index contributed by atoms with van der Waals surface area (Å²) < 4.78 is 5.77. The van der Waals surface area contributed by atoms with Gasteiger partial charge in [0.1, 0.15) is 12.4 Å². The lowest BCUT2D eigenvalue weighted by Crippen LogP contribution is -2.25. The first-order chi connectivity index (χ1) is 9.15. The predicted molar refractivity (Wildman–Crippen MR) is 79.6 cm³/mol. The maximum atomic E-state index is 9.67. The largest absolute Gasteiger partial charge is 0.492 e. The van der Waals surface area contributed by atoms with Crippen LogP contribution in [0.1, 0.15) is 44.8 Å². The van der Waals surface area contributed by atoms with Crippen molar-refractivity contribution in [1.82, 2.24) is 4.90 Å². The highest BCUT2D eigenvalue weighted by Gasteiger charge is 2.08. The van der Waals surface area contributed by atoms with Gasteiger partial charge >= 0.3 is 0 Å². The van der Waals surface area contributed by atoms with Crippen molar-refractivity contribution in [3.05, 3.63) is 29.8 Å². The molecule has 0 heterocycles. The Balaban J connectivity index is 2.33. The fourth-order valence-corrected chi connectivity index (χ4v) is 2.01. The van der Waals surface area contributed by atoms with E-state index in [4.69, 9.17) is 4.74 Å². The SMILES string of the molecule is CCCCCN(C)CCOc1ccccc1[C@@H](C)O. The molecule has 1 atom stereocenters. The third-order valence-corrected chi connectivity index (χ3v) is 3.24. The molecular weight excluding hydrogens is 238 g/mol. The van der Waals surface area contributed by atoms with Gasteiger partial charge in [0.15, 0.2) is 0 Å². The van der Waals surface area contributed by atoms with Gasteiger partial charge in [-0.3, -0.25) is 0 Å². The summed E-state index contributed by atoms with van der Waals surface area (Å²) in [6.07, 6.45) is 3.30. The molecule has 0 unspecified atom stereocenters. The Labute approximate surface area is 117 Å². The number of hydrogen-bond donors (Lipinski definition) is 1. The van der Waals surface area contributed by atoms with Crippen molar-refractivity contribution in [2.45, 2.75) is 39.2 Å². The number of nitrogens with zero attached hydrogens (tertiary/aromatic N) is 1. The van der Waals surface area contributed by atoms with Crippen molar-refractivity contribution < 1.29 is 9.84 Å². The van der Waals surface area contributed by atoms with Crippen molar-refractivity contribution in [1.29, 1.82) is 0 Å². The van der Waals surface area contributed by atoms with Gasteiger partial charge in [-0.25, -0.2) is 0 Å². The first-order valence-corrected chi connectivity index (χ1v) is 7.23. The first-order valence-electron chi connectivity index (χ1n) is 7.23. The van der Waals surface area contributed by atoms with E-state index in [9.17, 15) is 5.11 Å². The summed E-state index contributed by atoms with van der Waals surface area (Å²) in [4.78, 5) is 2.29. The molecule has 0 aliphatic heterocycles. The van der Waals surface area contributed by atoms with E-state index in [1.54, 1.807) is 6.92 Å². The maximum Gasteiger partial charge on any atom is 0.125 e. The van der Waals surface area contributed by atoms with Crippen molar-refractivity contribution in [3.8, 4) is 5.75 Å². The second-order valence-corrected chi connectivity index (χ2v) is 5.07. The summed E-state index contributed by atoms with van der Waals surface area (Å²) >= 11 is 0. The van der Waals surface area contributed by atoms with Gasteiger partial charge in [0.2, 0.25) is 0 Å². The highest BCUT2D eigenvalue weighted by molar-refractivity contribution is 5.34. The van der Waals surface area contributed by atoms with E-state index in [0.717, 1.165) is 24.4 Å². The van der Waals surface area contributed by atoms with Crippen LogP contribution < -0.4 is 4.74 Å². The third-order valence-electron chi connectivity index (χ3n) is 3.24. The number of hydrogen-bond acceptors (Lipinski definition) is 3. The van der Waals surface area contributed by atoms with Crippen molar-refractivity contribution in [3.63, 3.8) is 0 Å². The molecule has 0 aliphatic rings. The number of rotatable bonds is 9. The Morgan fingerprint density at radius 3 is 2.63 bits per heavy atom. The van der Waals surface area contributed by atoms with Crippen LogP contribution in [0.5, 0.6) is 5.75 Å². The molecule has 1 N–H and O–H groups in total. The van der Waals surface area contributed by atoms with E-state index < -0.39 is 6.10 Å². The lowest BCUT2D eigenvalue weighted by Gasteiger charge is -2.18. The van der Waals surface area contributed by atoms with Crippen LogP contribution in [0.4, 0.5) is 0 Å². The Kier molecular flexibility index (Phi) is 7.53. The topological polar surface area (TPSA) is 32.7 Å². The third kappa shape index (κ3) is 6.08. The molecule has 0 saturated heterocycles. The molecule has 1 aromatic rings. The molecule has 0 spiro atoms. The minimum absolute atomic E-state index is 0.488. The highest BCUT2D eigenvalue weighted by atomic mass is 16.5. The second-order valence-electron chi connectivity index (χ2n) is 5.07. The molecule has 0 bridgehead atoms. The Morgan fingerprint density at radius 1 is 1.21 bits per heavy atom. The molecule has 0 saturated carbocycles. The fraction of sp³-hybridized carbons (Fsp3) is 0.625. The van der Waals surface area contributed by atoms with Gasteiger partial charge in [-0.15, -0.1) is 0 Å². The van der Waals surface area contributed by atoms with Gasteiger partial charge in [-0.1, -0.05) is 38.0 Å². The number of unbranched alkanes of at least 4 members (excludes halogenated alkanes) is 2. The van der Waals surface area contributed by atoms with E-state index in [0.29, 0.717) is 6.61 Å². The Morgan fingerprint density at radius 2 is 1.95 bits per heavy atom. The molecule has 0 amide bonds.